The van der Waals surface area contributed by atoms with Gasteiger partial charge in [0.05, 0.1) is 11.9 Å². The zero-order valence-electron chi connectivity index (χ0n) is 11.1. The lowest BCUT2D eigenvalue weighted by molar-refractivity contribution is -0.142. The summed E-state index contributed by atoms with van der Waals surface area (Å²) in [6, 6.07) is -1.02. The zero-order chi connectivity index (χ0) is 14.5. The largest absolute Gasteiger partial charge is 0.480 e. The van der Waals surface area contributed by atoms with E-state index in [2.05, 4.69) is 15.3 Å². The standard InChI is InChI=1S/C12H20N4O3/c1-3-4-12(2,13)11(19)16-9(10(17)18)5-8-6-14-7-15-8/h6-7,9H,3-5,13H2,1-2H3,(H,14,15)(H,16,19)(H,17,18)/t9-,12?/m1/s1. The van der Waals surface area contributed by atoms with E-state index in [9.17, 15) is 9.59 Å². The Balaban J connectivity index is 2.69. The number of rotatable bonds is 7. The van der Waals surface area contributed by atoms with Gasteiger partial charge in [0.15, 0.2) is 0 Å². The molecule has 1 amide bonds. The number of imidazole rings is 1. The number of carboxylic acids is 1. The molecule has 7 nitrogen and oxygen atoms in total. The number of nitrogens with one attached hydrogen (secondary N) is 2. The molecule has 0 saturated carbocycles. The minimum absolute atomic E-state index is 0.142. The van der Waals surface area contributed by atoms with Gasteiger partial charge in [0.25, 0.3) is 0 Å². The highest BCUT2D eigenvalue weighted by Crippen LogP contribution is 2.09. The van der Waals surface area contributed by atoms with Gasteiger partial charge in [0, 0.05) is 18.3 Å². The zero-order valence-corrected chi connectivity index (χ0v) is 11.1. The van der Waals surface area contributed by atoms with E-state index in [1.807, 2.05) is 6.92 Å². The Bertz CT molecular complexity index is 428. The van der Waals surface area contributed by atoms with Crippen molar-refractivity contribution in [3.05, 3.63) is 18.2 Å². The first-order valence-electron chi connectivity index (χ1n) is 6.16. The Kier molecular flexibility index (Phi) is 5.05. The average Bonchev–Trinajstić information content (AvgIpc) is 2.80. The van der Waals surface area contributed by atoms with E-state index < -0.39 is 23.5 Å². The maximum absolute atomic E-state index is 12.0. The summed E-state index contributed by atoms with van der Waals surface area (Å²) < 4.78 is 0. The molecule has 1 rings (SSSR count). The minimum Gasteiger partial charge on any atom is -0.480 e. The molecule has 0 bridgehead atoms. The fourth-order valence-electron chi connectivity index (χ4n) is 1.77. The van der Waals surface area contributed by atoms with Crippen molar-refractivity contribution in [2.75, 3.05) is 0 Å². The van der Waals surface area contributed by atoms with E-state index >= 15 is 0 Å². The van der Waals surface area contributed by atoms with Gasteiger partial charge in [0.2, 0.25) is 5.91 Å². The van der Waals surface area contributed by atoms with E-state index in [0.29, 0.717) is 12.1 Å². The van der Waals surface area contributed by atoms with Crippen LogP contribution >= 0.6 is 0 Å². The first-order chi connectivity index (χ1) is 8.86. The second kappa shape index (κ2) is 6.33. The molecule has 0 radical (unpaired) electrons. The Hall–Kier alpha value is -1.89. The van der Waals surface area contributed by atoms with Gasteiger partial charge in [-0.25, -0.2) is 9.78 Å². The van der Waals surface area contributed by atoms with Crippen LogP contribution in [0.4, 0.5) is 0 Å². The molecule has 0 aliphatic rings. The molecule has 1 aromatic heterocycles. The second-order valence-corrected chi connectivity index (χ2v) is 4.81. The van der Waals surface area contributed by atoms with Gasteiger partial charge in [-0.1, -0.05) is 13.3 Å². The summed E-state index contributed by atoms with van der Waals surface area (Å²) >= 11 is 0. The van der Waals surface area contributed by atoms with Crippen molar-refractivity contribution in [2.45, 2.75) is 44.7 Å². The van der Waals surface area contributed by atoms with E-state index in [-0.39, 0.29) is 6.42 Å². The highest BCUT2D eigenvalue weighted by molar-refractivity contribution is 5.89. The van der Waals surface area contributed by atoms with Crippen LogP contribution in [0, 0.1) is 0 Å². The predicted octanol–water partition coefficient (Wildman–Crippen LogP) is 0.0391. The Labute approximate surface area is 111 Å². The van der Waals surface area contributed by atoms with Crippen molar-refractivity contribution in [3.8, 4) is 0 Å². The molecule has 5 N–H and O–H groups in total. The monoisotopic (exact) mass is 268 g/mol. The fourth-order valence-corrected chi connectivity index (χ4v) is 1.77. The number of nitrogens with two attached hydrogens (primary N) is 1. The molecule has 2 atom stereocenters. The normalized spacial score (nSPS) is 15.5. The first-order valence-corrected chi connectivity index (χ1v) is 6.16. The molecule has 0 spiro atoms. The fraction of sp³-hybridized carbons (Fsp3) is 0.583. The number of H-pyrrole nitrogens is 1. The SMILES string of the molecule is CCCC(C)(N)C(=O)N[C@H](Cc1cnc[nH]1)C(=O)O. The van der Waals surface area contributed by atoms with Crippen LogP contribution < -0.4 is 11.1 Å². The molecule has 1 unspecified atom stereocenters. The highest BCUT2D eigenvalue weighted by Gasteiger charge is 2.31. The number of hydrogen-bond donors (Lipinski definition) is 4. The van der Waals surface area contributed by atoms with Crippen LogP contribution in [-0.4, -0.2) is 38.5 Å². The number of aliphatic carboxylic acids is 1. The number of amides is 1. The van der Waals surface area contributed by atoms with Gasteiger partial charge in [-0.2, -0.15) is 0 Å². The Morgan fingerprint density at radius 3 is 2.79 bits per heavy atom. The van der Waals surface area contributed by atoms with Crippen molar-refractivity contribution >= 4 is 11.9 Å². The van der Waals surface area contributed by atoms with Crippen LogP contribution in [0.15, 0.2) is 12.5 Å². The lowest BCUT2D eigenvalue weighted by atomic mass is 9.96. The van der Waals surface area contributed by atoms with Crippen molar-refractivity contribution in [3.63, 3.8) is 0 Å². The molecular formula is C12H20N4O3. The molecule has 19 heavy (non-hydrogen) atoms. The smallest absolute Gasteiger partial charge is 0.326 e. The summed E-state index contributed by atoms with van der Waals surface area (Å²) in [6.45, 7) is 3.51. The second-order valence-electron chi connectivity index (χ2n) is 4.81. The predicted molar refractivity (Wildman–Crippen MR) is 69.4 cm³/mol. The van der Waals surface area contributed by atoms with E-state index in [4.69, 9.17) is 10.8 Å². The molecule has 106 valence electrons. The molecule has 0 saturated heterocycles. The topological polar surface area (TPSA) is 121 Å². The maximum atomic E-state index is 12.0. The number of aromatic nitrogens is 2. The molecule has 0 fully saturated rings. The van der Waals surface area contributed by atoms with E-state index in [1.54, 1.807) is 6.92 Å². The summed E-state index contributed by atoms with van der Waals surface area (Å²) in [4.78, 5) is 29.7. The number of aromatic amines is 1. The van der Waals surface area contributed by atoms with Crippen LogP contribution in [0.25, 0.3) is 0 Å². The summed E-state index contributed by atoms with van der Waals surface area (Å²) in [7, 11) is 0. The van der Waals surface area contributed by atoms with Crippen molar-refractivity contribution in [2.24, 2.45) is 5.73 Å². The van der Waals surface area contributed by atoms with Gasteiger partial charge in [-0.05, 0) is 13.3 Å². The lowest BCUT2D eigenvalue weighted by Gasteiger charge is -2.25. The number of carboxylic acid groups (broad SMARTS) is 1. The van der Waals surface area contributed by atoms with Crippen LogP contribution in [0.1, 0.15) is 32.4 Å². The molecule has 0 aliphatic carbocycles. The van der Waals surface area contributed by atoms with Crippen LogP contribution in [0.3, 0.4) is 0 Å². The number of carbonyl (C=O) groups excluding carboxylic acids is 1. The molecular weight excluding hydrogens is 248 g/mol. The van der Waals surface area contributed by atoms with Crippen molar-refractivity contribution in [1.82, 2.24) is 15.3 Å². The van der Waals surface area contributed by atoms with Gasteiger partial charge < -0.3 is 21.1 Å². The Morgan fingerprint density at radius 2 is 2.32 bits per heavy atom. The number of nitrogens with zero attached hydrogens (tertiary/aromatic N) is 1. The summed E-state index contributed by atoms with van der Waals surface area (Å²) in [5.74, 6) is -1.56. The Morgan fingerprint density at radius 1 is 1.63 bits per heavy atom. The molecule has 0 aromatic carbocycles. The van der Waals surface area contributed by atoms with Gasteiger partial charge in [-0.15, -0.1) is 0 Å². The molecule has 0 aliphatic heterocycles. The summed E-state index contributed by atoms with van der Waals surface area (Å²) in [5.41, 5.74) is 5.45. The van der Waals surface area contributed by atoms with Gasteiger partial charge in [0.1, 0.15) is 6.04 Å². The quantitative estimate of drug-likeness (QED) is 0.556. The lowest BCUT2D eigenvalue weighted by Crippen LogP contribution is -2.56. The third kappa shape index (κ3) is 4.36. The molecule has 7 heteroatoms. The van der Waals surface area contributed by atoms with Crippen LogP contribution in [-0.2, 0) is 16.0 Å². The number of hydrogen-bond acceptors (Lipinski definition) is 4. The maximum Gasteiger partial charge on any atom is 0.326 e. The van der Waals surface area contributed by atoms with Crippen molar-refractivity contribution in [1.29, 1.82) is 0 Å². The van der Waals surface area contributed by atoms with Gasteiger partial charge in [-0.3, -0.25) is 4.79 Å². The van der Waals surface area contributed by atoms with Crippen LogP contribution in [0.2, 0.25) is 0 Å². The first kappa shape index (κ1) is 15.2. The van der Waals surface area contributed by atoms with Gasteiger partial charge >= 0.3 is 5.97 Å². The van der Waals surface area contributed by atoms with Crippen LogP contribution in [0.5, 0.6) is 0 Å². The van der Waals surface area contributed by atoms with E-state index in [0.717, 1.165) is 6.42 Å². The average molecular weight is 268 g/mol. The molecule has 1 aromatic rings. The van der Waals surface area contributed by atoms with E-state index in [1.165, 1.54) is 12.5 Å². The third-order valence-corrected chi connectivity index (χ3v) is 2.87. The highest BCUT2D eigenvalue weighted by atomic mass is 16.4. The number of carbonyl (C=O) groups is 2. The van der Waals surface area contributed by atoms with Crippen molar-refractivity contribution < 1.29 is 14.7 Å². The minimum atomic E-state index is -1.10. The summed E-state index contributed by atoms with van der Waals surface area (Å²) in [5, 5.41) is 11.6. The third-order valence-electron chi connectivity index (χ3n) is 2.87. The summed E-state index contributed by atoms with van der Waals surface area (Å²) in [6.07, 6.45) is 4.37. The molecule has 1 heterocycles.